The van der Waals surface area contributed by atoms with Crippen LogP contribution in [-0.2, 0) is 6.42 Å². The van der Waals surface area contributed by atoms with Crippen LogP contribution in [0.3, 0.4) is 0 Å². The summed E-state index contributed by atoms with van der Waals surface area (Å²) in [4.78, 5) is 35.5. The van der Waals surface area contributed by atoms with Gasteiger partial charge in [0, 0.05) is 61.3 Å². The Labute approximate surface area is 186 Å². The van der Waals surface area contributed by atoms with E-state index in [0.717, 1.165) is 54.2 Å². The summed E-state index contributed by atoms with van der Waals surface area (Å²) in [6.07, 6.45) is 5.40. The Morgan fingerprint density at radius 3 is 2.62 bits per heavy atom. The molecule has 0 unspecified atom stereocenters. The van der Waals surface area contributed by atoms with Gasteiger partial charge in [0.25, 0.3) is 0 Å². The van der Waals surface area contributed by atoms with E-state index in [1.165, 1.54) is 0 Å². The number of rotatable bonds is 5. The zero-order valence-corrected chi connectivity index (χ0v) is 18.0. The predicted molar refractivity (Wildman–Crippen MR) is 125 cm³/mol. The van der Waals surface area contributed by atoms with Crippen molar-refractivity contribution >= 4 is 22.5 Å². The zero-order chi connectivity index (χ0) is 21.9. The predicted octanol–water partition coefficient (Wildman–Crippen LogP) is 3.26. The molecule has 0 bridgehead atoms. The van der Waals surface area contributed by atoms with Crippen molar-refractivity contribution in [1.82, 2.24) is 24.8 Å². The van der Waals surface area contributed by atoms with Crippen LogP contribution in [0.2, 0.25) is 0 Å². The average Bonchev–Trinajstić information content (AvgIpc) is 2.84. The minimum Gasteiger partial charge on any atom is -0.354 e. The van der Waals surface area contributed by atoms with Gasteiger partial charge in [-0.05, 0) is 37.4 Å². The molecular weight excluding hydrogens is 400 g/mol. The van der Waals surface area contributed by atoms with Crippen LogP contribution >= 0.6 is 0 Å². The Bertz CT molecular complexity index is 1250. The number of Topliss-reactive ketones (excluding diaryl/α,β-unsaturated/α-hetero) is 1. The van der Waals surface area contributed by atoms with Crippen LogP contribution in [0.1, 0.15) is 16.2 Å². The second-order valence-corrected chi connectivity index (χ2v) is 8.07. The Morgan fingerprint density at radius 2 is 1.81 bits per heavy atom. The Kier molecular flexibility index (Phi) is 5.56. The molecule has 0 atom stereocenters. The second-order valence-electron chi connectivity index (χ2n) is 8.07. The third-order valence-corrected chi connectivity index (χ3v) is 5.81. The first-order valence-corrected chi connectivity index (χ1v) is 10.8. The Hall–Kier alpha value is -3.71. The molecule has 1 saturated heterocycles. The lowest BCUT2D eigenvalue weighted by atomic mass is 10.1. The molecule has 3 aromatic heterocycles. The molecule has 1 aromatic carbocycles. The molecule has 4 heterocycles. The molecule has 160 valence electrons. The van der Waals surface area contributed by atoms with E-state index in [2.05, 4.69) is 36.8 Å². The zero-order valence-electron chi connectivity index (χ0n) is 18.0. The number of anilines is 1. The van der Waals surface area contributed by atoms with E-state index in [9.17, 15) is 4.79 Å². The highest BCUT2D eigenvalue weighted by molar-refractivity contribution is 5.98. The molecule has 7 heteroatoms. The summed E-state index contributed by atoms with van der Waals surface area (Å²) in [6.45, 7) is 3.80. The summed E-state index contributed by atoms with van der Waals surface area (Å²) in [6, 6.07) is 15.5. The average molecular weight is 425 g/mol. The van der Waals surface area contributed by atoms with Gasteiger partial charge in [0.15, 0.2) is 5.78 Å². The lowest BCUT2D eigenvalue weighted by molar-refractivity contribution is 0.0991. The smallest absolute Gasteiger partial charge is 0.170 e. The second kappa shape index (κ2) is 8.80. The summed E-state index contributed by atoms with van der Waals surface area (Å²) in [5.74, 6) is 1.35. The highest BCUT2D eigenvalue weighted by atomic mass is 16.1. The van der Waals surface area contributed by atoms with Crippen LogP contribution in [0.15, 0.2) is 67.1 Å². The van der Waals surface area contributed by atoms with E-state index in [0.29, 0.717) is 11.4 Å². The van der Waals surface area contributed by atoms with Crippen LogP contribution in [0, 0.1) is 0 Å². The number of ketones is 1. The molecule has 32 heavy (non-hydrogen) atoms. The van der Waals surface area contributed by atoms with Crippen LogP contribution in [0.5, 0.6) is 0 Å². The first-order valence-electron chi connectivity index (χ1n) is 10.8. The quantitative estimate of drug-likeness (QED) is 0.455. The fraction of sp³-hybridized carbons (Fsp3) is 0.240. The van der Waals surface area contributed by atoms with E-state index in [-0.39, 0.29) is 12.2 Å². The van der Waals surface area contributed by atoms with Gasteiger partial charge in [-0.25, -0.2) is 15.0 Å². The van der Waals surface area contributed by atoms with E-state index >= 15 is 0 Å². The van der Waals surface area contributed by atoms with Gasteiger partial charge in [0.2, 0.25) is 0 Å². The molecule has 0 radical (unpaired) electrons. The van der Waals surface area contributed by atoms with Crippen molar-refractivity contribution in [2.24, 2.45) is 0 Å². The third-order valence-electron chi connectivity index (χ3n) is 5.81. The normalized spacial score (nSPS) is 14.6. The highest BCUT2D eigenvalue weighted by Gasteiger charge is 2.17. The molecule has 0 N–H and O–H groups in total. The van der Waals surface area contributed by atoms with Crippen LogP contribution in [-0.4, -0.2) is 63.8 Å². The number of pyridine rings is 2. The fourth-order valence-electron chi connectivity index (χ4n) is 3.89. The molecule has 1 aliphatic heterocycles. The molecule has 0 amide bonds. The highest BCUT2D eigenvalue weighted by Crippen LogP contribution is 2.22. The third kappa shape index (κ3) is 4.33. The van der Waals surface area contributed by atoms with Crippen LogP contribution in [0.4, 0.5) is 5.82 Å². The number of benzene rings is 1. The largest absolute Gasteiger partial charge is 0.354 e. The maximum absolute atomic E-state index is 13.0. The molecule has 4 aromatic rings. The summed E-state index contributed by atoms with van der Waals surface area (Å²) < 4.78 is 0. The lowest BCUT2D eigenvalue weighted by Crippen LogP contribution is -2.44. The van der Waals surface area contributed by atoms with Gasteiger partial charge >= 0.3 is 0 Å². The summed E-state index contributed by atoms with van der Waals surface area (Å²) >= 11 is 0. The topological polar surface area (TPSA) is 75.1 Å². The number of nitrogens with zero attached hydrogens (tertiary/aromatic N) is 6. The van der Waals surface area contributed by atoms with E-state index in [1.54, 1.807) is 24.7 Å². The number of aromatic nitrogens is 4. The Balaban J connectivity index is 1.36. The van der Waals surface area contributed by atoms with Gasteiger partial charge in [-0.1, -0.05) is 18.2 Å². The van der Waals surface area contributed by atoms with Crippen molar-refractivity contribution in [3.63, 3.8) is 0 Å². The number of hydrogen-bond donors (Lipinski definition) is 0. The molecule has 1 fully saturated rings. The minimum absolute atomic E-state index is 0.0111. The van der Waals surface area contributed by atoms with E-state index < -0.39 is 0 Å². The van der Waals surface area contributed by atoms with Gasteiger partial charge in [-0.2, -0.15) is 0 Å². The van der Waals surface area contributed by atoms with Gasteiger partial charge in [0.05, 0.1) is 17.6 Å². The number of hydrogen-bond acceptors (Lipinski definition) is 7. The number of carbonyl (C=O) groups excluding carboxylic acids is 1. The molecule has 0 aliphatic carbocycles. The monoisotopic (exact) mass is 424 g/mol. The van der Waals surface area contributed by atoms with Crippen molar-refractivity contribution in [3.05, 3.63) is 78.5 Å². The summed E-state index contributed by atoms with van der Waals surface area (Å²) in [7, 11) is 2.12. The van der Waals surface area contributed by atoms with Gasteiger partial charge in [-0.15, -0.1) is 0 Å². The molecule has 1 aliphatic rings. The number of fused-ring (bicyclic) bond motifs is 1. The van der Waals surface area contributed by atoms with Gasteiger partial charge in [0.1, 0.15) is 11.6 Å². The SMILES string of the molecule is CN1CCN(c2cc(C(=O)Cc3ncc4ccc(-c5ccccn5)cc4n3)ccn2)CC1. The summed E-state index contributed by atoms with van der Waals surface area (Å²) in [5, 5.41) is 0.933. The maximum Gasteiger partial charge on any atom is 0.170 e. The number of likely N-dealkylation sites (N-methyl/N-ethyl adjacent to an activating group) is 1. The number of carbonyl (C=O) groups is 1. The first kappa shape index (κ1) is 20.2. The van der Waals surface area contributed by atoms with Crippen molar-refractivity contribution in [1.29, 1.82) is 0 Å². The first-order chi connectivity index (χ1) is 15.7. The standard InChI is InChI=1S/C25H24N6O/c1-30-10-12-31(13-11-30)25-15-19(7-9-27-25)23(32)16-24-28-17-20-6-5-18(14-22(20)29-24)21-4-2-3-8-26-21/h2-9,14-15,17H,10-13,16H2,1H3. The lowest BCUT2D eigenvalue weighted by Gasteiger charge is -2.33. The van der Waals surface area contributed by atoms with Crippen LogP contribution < -0.4 is 4.90 Å². The van der Waals surface area contributed by atoms with Crippen molar-refractivity contribution in [2.45, 2.75) is 6.42 Å². The van der Waals surface area contributed by atoms with Crippen molar-refractivity contribution in [3.8, 4) is 11.3 Å². The summed E-state index contributed by atoms with van der Waals surface area (Å²) in [5.41, 5.74) is 3.32. The molecule has 7 nitrogen and oxygen atoms in total. The molecule has 5 rings (SSSR count). The van der Waals surface area contributed by atoms with E-state index in [4.69, 9.17) is 0 Å². The molecule has 0 saturated carbocycles. The molecule has 0 spiro atoms. The fourth-order valence-corrected chi connectivity index (χ4v) is 3.89. The van der Waals surface area contributed by atoms with E-state index in [1.807, 2.05) is 42.5 Å². The maximum atomic E-state index is 13.0. The van der Waals surface area contributed by atoms with Crippen molar-refractivity contribution in [2.75, 3.05) is 38.1 Å². The van der Waals surface area contributed by atoms with Crippen molar-refractivity contribution < 1.29 is 4.79 Å². The van der Waals surface area contributed by atoms with Gasteiger partial charge in [-0.3, -0.25) is 9.78 Å². The molecular formula is C25H24N6O. The van der Waals surface area contributed by atoms with Crippen LogP contribution in [0.25, 0.3) is 22.2 Å². The minimum atomic E-state index is -0.0111. The number of piperazine rings is 1. The Morgan fingerprint density at radius 1 is 0.938 bits per heavy atom. The van der Waals surface area contributed by atoms with Gasteiger partial charge < -0.3 is 9.80 Å².